The highest BCUT2D eigenvalue weighted by Gasteiger charge is 2.33. The Morgan fingerprint density at radius 3 is 2.63 bits per heavy atom. The normalized spacial score (nSPS) is 22.8. The van der Waals surface area contributed by atoms with E-state index in [0.717, 1.165) is 38.5 Å². The van der Waals surface area contributed by atoms with Crippen molar-refractivity contribution in [3.8, 4) is 5.75 Å². The summed E-state index contributed by atoms with van der Waals surface area (Å²) in [6, 6.07) is 6.06. The minimum Gasteiger partial charge on any atom is -0.489 e. The molecule has 1 saturated heterocycles. The summed E-state index contributed by atoms with van der Waals surface area (Å²) >= 11 is 6.44. The van der Waals surface area contributed by atoms with E-state index in [4.69, 9.17) is 16.3 Å². The van der Waals surface area contributed by atoms with Gasteiger partial charge in [0, 0.05) is 37.8 Å². The summed E-state index contributed by atoms with van der Waals surface area (Å²) in [7, 11) is 3.96. The van der Waals surface area contributed by atoms with Gasteiger partial charge >= 0.3 is 0 Å². The highest BCUT2D eigenvalue weighted by atomic mass is 35.5. The summed E-state index contributed by atoms with van der Waals surface area (Å²) in [6.45, 7) is 8.41. The summed E-state index contributed by atoms with van der Waals surface area (Å²) in [6.07, 6.45) is 7.58. The van der Waals surface area contributed by atoms with Crippen LogP contribution in [0.1, 0.15) is 62.7 Å². The van der Waals surface area contributed by atoms with Crippen molar-refractivity contribution < 1.29 is 9.53 Å². The Labute approximate surface area is 187 Å². The predicted molar refractivity (Wildman–Crippen MR) is 124 cm³/mol. The smallest absolute Gasteiger partial charge is 0.251 e. The second kappa shape index (κ2) is 10.3. The van der Waals surface area contributed by atoms with E-state index in [-0.39, 0.29) is 12.0 Å². The van der Waals surface area contributed by atoms with E-state index in [0.29, 0.717) is 28.3 Å². The lowest BCUT2D eigenvalue weighted by atomic mass is 9.74. The van der Waals surface area contributed by atoms with E-state index in [1.165, 1.54) is 25.7 Å². The molecule has 0 aromatic heterocycles. The number of likely N-dealkylation sites (N-methyl/N-ethyl adjacent to an activating group) is 1. The SMILES string of the molecule is CN(C)CCNC(=O)c1ccc(OC2CCN(C3CCCC(C)(C)C3)CC2)c(Cl)c1. The van der Waals surface area contributed by atoms with E-state index in [9.17, 15) is 4.79 Å². The highest BCUT2D eigenvalue weighted by Crippen LogP contribution is 2.38. The summed E-state index contributed by atoms with van der Waals surface area (Å²) in [5.74, 6) is 0.577. The standard InChI is InChI=1S/C24H38ClN3O2/c1-24(2)11-5-6-19(17-24)28-13-9-20(10-14-28)30-22-8-7-18(16-21(22)25)23(29)26-12-15-27(3)4/h7-8,16,19-20H,5-6,9-15,17H2,1-4H3,(H,26,29). The van der Waals surface area contributed by atoms with Crippen molar-refractivity contribution in [1.29, 1.82) is 0 Å². The number of carbonyl (C=O) groups excluding carboxylic acids is 1. The van der Waals surface area contributed by atoms with Crippen LogP contribution in [0.25, 0.3) is 0 Å². The average molecular weight is 436 g/mol. The third-order valence-corrected chi connectivity index (χ3v) is 6.80. The lowest BCUT2D eigenvalue weighted by Gasteiger charge is -2.44. The minimum atomic E-state index is -0.103. The van der Waals surface area contributed by atoms with Crippen LogP contribution in [0.5, 0.6) is 5.75 Å². The Morgan fingerprint density at radius 2 is 2.00 bits per heavy atom. The van der Waals surface area contributed by atoms with Gasteiger partial charge in [0.25, 0.3) is 5.91 Å². The van der Waals surface area contributed by atoms with Crippen molar-refractivity contribution in [1.82, 2.24) is 15.1 Å². The number of ether oxygens (including phenoxy) is 1. The topological polar surface area (TPSA) is 44.8 Å². The number of amides is 1. The van der Waals surface area contributed by atoms with Gasteiger partial charge in [-0.3, -0.25) is 4.79 Å². The van der Waals surface area contributed by atoms with Gasteiger partial charge in [-0.25, -0.2) is 0 Å². The Bertz CT molecular complexity index is 714. The van der Waals surface area contributed by atoms with Crippen molar-refractivity contribution in [2.24, 2.45) is 5.41 Å². The van der Waals surface area contributed by atoms with Crippen LogP contribution in [0.2, 0.25) is 5.02 Å². The molecule has 1 heterocycles. The summed E-state index contributed by atoms with van der Waals surface area (Å²) in [5.41, 5.74) is 1.05. The number of nitrogens with one attached hydrogen (secondary N) is 1. The summed E-state index contributed by atoms with van der Waals surface area (Å²) in [5, 5.41) is 3.42. The largest absolute Gasteiger partial charge is 0.489 e. The maximum Gasteiger partial charge on any atom is 0.251 e. The van der Waals surface area contributed by atoms with Crippen LogP contribution in [-0.2, 0) is 0 Å². The van der Waals surface area contributed by atoms with Crippen molar-refractivity contribution in [2.75, 3.05) is 40.3 Å². The lowest BCUT2D eigenvalue weighted by molar-refractivity contribution is 0.0399. The van der Waals surface area contributed by atoms with Crippen molar-refractivity contribution in [2.45, 2.75) is 64.5 Å². The molecule has 1 saturated carbocycles. The van der Waals surface area contributed by atoms with E-state index < -0.39 is 0 Å². The first-order valence-electron chi connectivity index (χ1n) is 11.4. The Hall–Kier alpha value is -1.30. The van der Waals surface area contributed by atoms with Crippen molar-refractivity contribution in [3.63, 3.8) is 0 Å². The first-order valence-corrected chi connectivity index (χ1v) is 11.7. The van der Waals surface area contributed by atoms with Gasteiger partial charge in [-0.1, -0.05) is 31.9 Å². The van der Waals surface area contributed by atoms with Crippen LogP contribution < -0.4 is 10.1 Å². The van der Waals surface area contributed by atoms with Crippen LogP contribution in [-0.4, -0.2) is 68.1 Å². The highest BCUT2D eigenvalue weighted by molar-refractivity contribution is 6.32. The van der Waals surface area contributed by atoms with E-state index >= 15 is 0 Å². The summed E-state index contributed by atoms with van der Waals surface area (Å²) in [4.78, 5) is 17.0. The maximum absolute atomic E-state index is 12.3. The number of halogens is 1. The molecular formula is C24H38ClN3O2. The van der Waals surface area contributed by atoms with Crippen LogP contribution in [0, 0.1) is 5.41 Å². The molecule has 1 N–H and O–H groups in total. The quantitative estimate of drug-likeness (QED) is 0.687. The fourth-order valence-electron chi connectivity index (χ4n) is 4.74. The third kappa shape index (κ3) is 6.60. The number of nitrogens with zero attached hydrogens (tertiary/aromatic N) is 2. The monoisotopic (exact) mass is 435 g/mol. The molecule has 1 aliphatic heterocycles. The van der Waals surface area contributed by atoms with Crippen LogP contribution in [0.4, 0.5) is 0 Å². The minimum absolute atomic E-state index is 0.103. The molecule has 2 aliphatic rings. The first-order chi connectivity index (χ1) is 14.2. The zero-order valence-electron chi connectivity index (χ0n) is 19.0. The van der Waals surface area contributed by atoms with E-state index in [1.54, 1.807) is 12.1 Å². The van der Waals surface area contributed by atoms with Gasteiger partial charge in [-0.15, -0.1) is 0 Å². The fraction of sp³-hybridized carbons (Fsp3) is 0.708. The Morgan fingerprint density at radius 1 is 1.27 bits per heavy atom. The molecule has 1 aromatic rings. The van der Waals surface area contributed by atoms with E-state index in [2.05, 4.69) is 24.1 Å². The number of piperidine rings is 1. The molecule has 1 unspecified atom stereocenters. The summed E-state index contributed by atoms with van der Waals surface area (Å²) < 4.78 is 6.21. The zero-order valence-corrected chi connectivity index (χ0v) is 19.8. The van der Waals surface area contributed by atoms with Crippen LogP contribution in [0.3, 0.4) is 0 Å². The molecule has 1 aliphatic carbocycles. The molecule has 30 heavy (non-hydrogen) atoms. The van der Waals surface area contributed by atoms with Gasteiger partial charge in [0.2, 0.25) is 0 Å². The number of likely N-dealkylation sites (tertiary alicyclic amines) is 1. The molecule has 0 bridgehead atoms. The maximum atomic E-state index is 12.3. The second-order valence-corrected chi connectivity index (χ2v) is 10.4. The predicted octanol–water partition coefficient (Wildman–Crippen LogP) is 4.44. The van der Waals surface area contributed by atoms with Gasteiger partial charge in [-0.2, -0.15) is 0 Å². The molecule has 6 heteroatoms. The Kier molecular flexibility index (Phi) is 8.05. The van der Waals surface area contributed by atoms with Gasteiger partial charge in [0.1, 0.15) is 11.9 Å². The van der Waals surface area contributed by atoms with E-state index in [1.807, 2.05) is 25.1 Å². The van der Waals surface area contributed by atoms with Gasteiger partial charge in [-0.05, 0) is 69.8 Å². The van der Waals surface area contributed by atoms with Crippen LogP contribution >= 0.6 is 11.6 Å². The van der Waals surface area contributed by atoms with Gasteiger partial charge < -0.3 is 19.9 Å². The van der Waals surface area contributed by atoms with Gasteiger partial charge in [0.05, 0.1) is 5.02 Å². The molecule has 5 nitrogen and oxygen atoms in total. The number of carbonyl (C=O) groups is 1. The van der Waals surface area contributed by atoms with Gasteiger partial charge in [0.15, 0.2) is 0 Å². The second-order valence-electron chi connectivity index (χ2n) is 9.97. The molecule has 1 aromatic carbocycles. The Balaban J connectivity index is 1.48. The molecule has 3 rings (SSSR count). The molecule has 0 radical (unpaired) electrons. The third-order valence-electron chi connectivity index (χ3n) is 6.50. The number of rotatable bonds is 7. The van der Waals surface area contributed by atoms with Crippen molar-refractivity contribution >= 4 is 17.5 Å². The molecule has 0 spiro atoms. The number of hydrogen-bond donors (Lipinski definition) is 1. The average Bonchev–Trinajstić information content (AvgIpc) is 2.69. The fourth-order valence-corrected chi connectivity index (χ4v) is 4.97. The lowest BCUT2D eigenvalue weighted by Crippen LogP contribution is -2.47. The number of benzene rings is 1. The molecule has 1 atom stereocenters. The molecular weight excluding hydrogens is 398 g/mol. The first kappa shape index (κ1) is 23.4. The molecule has 168 valence electrons. The van der Waals surface area contributed by atoms with Crippen molar-refractivity contribution in [3.05, 3.63) is 28.8 Å². The number of hydrogen-bond acceptors (Lipinski definition) is 4. The molecule has 2 fully saturated rings. The molecule has 1 amide bonds. The zero-order chi connectivity index (χ0) is 21.7. The van der Waals surface area contributed by atoms with Crippen LogP contribution in [0.15, 0.2) is 18.2 Å².